The van der Waals surface area contributed by atoms with Gasteiger partial charge in [0, 0.05) is 11.4 Å². The minimum Gasteiger partial charge on any atom is -0.337 e. The van der Waals surface area contributed by atoms with Crippen molar-refractivity contribution in [2.45, 2.75) is 36.7 Å². The van der Waals surface area contributed by atoms with Crippen LogP contribution in [0.1, 0.15) is 31.2 Å². The van der Waals surface area contributed by atoms with Gasteiger partial charge in [0.15, 0.2) is 5.16 Å². The smallest absolute Gasteiger partial charge is 0.238 e. The molecule has 9 heteroatoms. The standard InChI is InChI=1S/C15H20N4O3S2/c1-9(2)14-10(3)17-15(19-14)23-8-13(20)18-11-4-6-12(7-5-11)24(16,21)22/h4-7,9H,8H2,1-3H3,(H,17,19)(H,18,20)(H2,16,21,22). The normalized spacial score (nSPS) is 11.7. The number of nitrogens with two attached hydrogens (primary N) is 1. The SMILES string of the molecule is Cc1[nH]c(SCC(=O)Nc2ccc(S(N)(=O)=O)cc2)nc1C(C)C. The van der Waals surface area contributed by atoms with Crippen molar-refractivity contribution in [3.8, 4) is 0 Å². The van der Waals surface area contributed by atoms with Crippen molar-refractivity contribution in [2.75, 3.05) is 11.1 Å². The van der Waals surface area contributed by atoms with Gasteiger partial charge in [-0.1, -0.05) is 25.6 Å². The topological polar surface area (TPSA) is 118 Å². The quantitative estimate of drug-likeness (QED) is 0.676. The lowest BCUT2D eigenvalue weighted by atomic mass is 10.1. The van der Waals surface area contributed by atoms with E-state index in [1.165, 1.54) is 36.0 Å². The number of hydrogen-bond acceptors (Lipinski definition) is 5. The van der Waals surface area contributed by atoms with Crippen LogP contribution in [0.25, 0.3) is 0 Å². The molecule has 0 unspecified atom stereocenters. The number of rotatable bonds is 6. The Hall–Kier alpha value is -1.84. The fourth-order valence-electron chi connectivity index (χ4n) is 2.14. The molecule has 0 bridgehead atoms. The van der Waals surface area contributed by atoms with E-state index in [9.17, 15) is 13.2 Å². The Morgan fingerprint density at radius 1 is 1.33 bits per heavy atom. The van der Waals surface area contributed by atoms with Crippen molar-refractivity contribution in [1.82, 2.24) is 9.97 Å². The van der Waals surface area contributed by atoms with Gasteiger partial charge in [0.05, 0.1) is 16.3 Å². The number of sulfonamides is 1. The van der Waals surface area contributed by atoms with Gasteiger partial charge < -0.3 is 10.3 Å². The molecule has 0 atom stereocenters. The molecule has 1 aromatic carbocycles. The molecule has 0 radical (unpaired) electrons. The molecule has 1 aromatic heterocycles. The Morgan fingerprint density at radius 3 is 2.46 bits per heavy atom. The number of nitrogens with zero attached hydrogens (tertiary/aromatic N) is 1. The van der Waals surface area contributed by atoms with Crippen molar-refractivity contribution >= 4 is 33.4 Å². The van der Waals surface area contributed by atoms with E-state index in [1.54, 1.807) is 0 Å². The minimum absolute atomic E-state index is 0.00199. The van der Waals surface area contributed by atoms with E-state index in [2.05, 4.69) is 29.1 Å². The summed E-state index contributed by atoms with van der Waals surface area (Å²) >= 11 is 1.31. The number of benzene rings is 1. The number of H-pyrrole nitrogens is 1. The molecule has 0 saturated heterocycles. The maximum atomic E-state index is 12.0. The number of imidazole rings is 1. The first-order chi connectivity index (χ1) is 11.2. The van der Waals surface area contributed by atoms with Crippen LogP contribution < -0.4 is 10.5 Å². The second-order valence-electron chi connectivity index (χ2n) is 5.61. The second-order valence-corrected chi connectivity index (χ2v) is 8.14. The first-order valence-corrected chi connectivity index (χ1v) is 9.82. The highest BCUT2D eigenvalue weighted by molar-refractivity contribution is 7.99. The average molecular weight is 368 g/mol. The van der Waals surface area contributed by atoms with Crippen molar-refractivity contribution in [1.29, 1.82) is 0 Å². The van der Waals surface area contributed by atoms with E-state index >= 15 is 0 Å². The third-order valence-electron chi connectivity index (χ3n) is 3.25. The van der Waals surface area contributed by atoms with Crippen molar-refractivity contribution < 1.29 is 13.2 Å². The summed E-state index contributed by atoms with van der Waals surface area (Å²) in [5.41, 5.74) is 2.51. The molecule has 0 fully saturated rings. The molecule has 1 heterocycles. The van der Waals surface area contributed by atoms with Gasteiger partial charge in [-0.2, -0.15) is 0 Å². The lowest BCUT2D eigenvalue weighted by molar-refractivity contribution is -0.113. The third kappa shape index (κ3) is 4.83. The molecule has 0 aliphatic heterocycles. The first-order valence-electron chi connectivity index (χ1n) is 7.29. The Morgan fingerprint density at radius 2 is 1.96 bits per heavy atom. The average Bonchev–Trinajstić information content (AvgIpc) is 2.86. The maximum absolute atomic E-state index is 12.0. The molecular weight excluding hydrogens is 348 g/mol. The number of hydrogen-bond donors (Lipinski definition) is 3. The number of nitrogens with one attached hydrogen (secondary N) is 2. The summed E-state index contributed by atoms with van der Waals surface area (Å²) in [6.07, 6.45) is 0. The Balaban J connectivity index is 1.93. The summed E-state index contributed by atoms with van der Waals surface area (Å²) in [7, 11) is -3.73. The molecule has 0 aliphatic carbocycles. The molecular formula is C15H20N4O3S2. The molecule has 0 saturated carbocycles. The number of aromatic amines is 1. The Labute approximate surface area is 145 Å². The number of thioether (sulfide) groups is 1. The highest BCUT2D eigenvalue weighted by atomic mass is 32.2. The number of carbonyl (C=O) groups is 1. The molecule has 130 valence electrons. The zero-order valence-electron chi connectivity index (χ0n) is 13.7. The van der Waals surface area contributed by atoms with Crippen LogP contribution in [0.5, 0.6) is 0 Å². The van der Waals surface area contributed by atoms with Gasteiger partial charge in [-0.25, -0.2) is 18.5 Å². The minimum atomic E-state index is -3.73. The highest BCUT2D eigenvalue weighted by Gasteiger charge is 2.12. The predicted molar refractivity (Wildman–Crippen MR) is 94.6 cm³/mol. The zero-order chi connectivity index (χ0) is 17.9. The van der Waals surface area contributed by atoms with Gasteiger partial charge >= 0.3 is 0 Å². The zero-order valence-corrected chi connectivity index (χ0v) is 15.3. The van der Waals surface area contributed by atoms with Crippen LogP contribution in [0.15, 0.2) is 34.3 Å². The molecule has 24 heavy (non-hydrogen) atoms. The molecule has 0 aliphatic rings. The van der Waals surface area contributed by atoms with Gasteiger partial charge in [-0.15, -0.1) is 0 Å². The summed E-state index contributed by atoms with van der Waals surface area (Å²) < 4.78 is 22.4. The second kappa shape index (κ2) is 7.37. The molecule has 0 spiro atoms. The van der Waals surface area contributed by atoms with Crippen molar-refractivity contribution in [3.05, 3.63) is 35.7 Å². The molecule has 4 N–H and O–H groups in total. The van der Waals surface area contributed by atoms with E-state index in [0.29, 0.717) is 16.8 Å². The van der Waals surface area contributed by atoms with Gasteiger partial charge in [0.25, 0.3) is 0 Å². The van der Waals surface area contributed by atoms with Crippen LogP contribution >= 0.6 is 11.8 Å². The summed E-state index contributed by atoms with van der Waals surface area (Å²) in [5, 5.41) is 8.43. The summed E-state index contributed by atoms with van der Waals surface area (Å²) in [6.45, 7) is 6.09. The Bertz CT molecular complexity index is 827. The van der Waals surface area contributed by atoms with Crippen molar-refractivity contribution in [2.24, 2.45) is 5.14 Å². The Kier molecular flexibility index (Phi) is 5.68. The fourth-order valence-corrected chi connectivity index (χ4v) is 3.38. The van der Waals surface area contributed by atoms with Gasteiger partial charge in [0.1, 0.15) is 0 Å². The van der Waals surface area contributed by atoms with Crippen molar-refractivity contribution in [3.63, 3.8) is 0 Å². The van der Waals surface area contributed by atoms with Crippen LogP contribution in [0, 0.1) is 6.92 Å². The highest BCUT2D eigenvalue weighted by Crippen LogP contribution is 2.22. The van der Waals surface area contributed by atoms with E-state index in [1.807, 2.05) is 6.92 Å². The van der Waals surface area contributed by atoms with E-state index in [-0.39, 0.29) is 16.6 Å². The van der Waals surface area contributed by atoms with Gasteiger partial charge in [-0.05, 0) is 37.1 Å². The van der Waals surface area contributed by atoms with Gasteiger partial charge in [0.2, 0.25) is 15.9 Å². The van der Waals surface area contributed by atoms with Crippen LogP contribution in [-0.2, 0) is 14.8 Å². The number of amides is 1. The first kappa shape index (κ1) is 18.5. The van der Waals surface area contributed by atoms with Crippen LogP contribution in [0.2, 0.25) is 0 Å². The van der Waals surface area contributed by atoms with E-state index < -0.39 is 10.0 Å². The van der Waals surface area contributed by atoms with Crippen LogP contribution in [-0.4, -0.2) is 30.0 Å². The number of aromatic nitrogens is 2. The number of carbonyl (C=O) groups excluding carboxylic acids is 1. The number of aryl methyl sites for hydroxylation is 1. The summed E-state index contributed by atoms with van der Waals surface area (Å²) in [4.78, 5) is 19.6. The molecule has 7 nitrogen and oxygen atoms in total. The van der Waals surface area contributed by atoms with Crippen LogP contribution in [0.3, 0.4) is 0 Å². The maximum Gasteiger partial charge on any atom is 0.238 e. The molecule has 1 amide bonds. The van der Waals surface area contributed by atoms with E-state index in [0.717, 1.165) is 11.4 Å². The number of anilines is 1. The molecule has 2 aromatic rings. The number of primary sulfonamides is 1. The van der Waals surface area contributed by atoms with Gasteiger partial charge in [-0.3, -0.25) is 4.79 Å². The monoisotopic (exact) mass is 368 g/mol. The fraction of sp³-hybridized carbons (Fsp3) is 0.333. The molecule has 2 rings (SSSR count). The lowest BCUT2D eigenvalue weighted by Gasteiger charge is -2.05. The largest absolute Gasteiger partial charge is 0.337 e. The third-order valence-corrected chi connectivity index (χ3v) is 5.06. The lowest BCUT2D eigenvalue weighted by Crippen LogP contribution is -2.15. The van der Waals surface area contributed by atoms with E-state index in [4.69, 9.17) is 5.14 Å². The predicted octanol–water partition coefficient (Wildman–Crippen LogP) is 2.22. The van der Waals surface area contributed by atoms with Crippen LogP contribution in [0.4, 0.5) is 5.69 Å². The summed E-state index contributed by atoms with van der Waals surface area (Å²) in [6, 6.07) is 5.69. The summed E-state index contributed by atoms with van der Waals surface area (Å²) in [5.74, 6) is 0.312.